The molecule has 0 aliphatic rings. The summed E-state index contributed by atoms with van der Waals surface area (Å²) in [6.45, 7) is 4.20. The molecule has 0 saturated carbocycles. The Kier molecular flexibility index (Phi) is 5.76. The van der Waals surface area contributed by atoms with E-state index in [4.69, 9.17) is 11.6 Å². The second-order valence-electron chi connectivity index (χ2n) is 4.60. The first-order valence-electron chi connectivity index (χ1n) is 6.34. The number of halogens is 2. The minimum atomic E-state index is -0.829. The maximum absolute atomic E-state index is 13.6. The second kappa shape index (κ2) is 6.87. The van der Waals surface area contributed by atoms with Crippen molar-refractivity contribution < 1.29 is 14.3 Å². The van der Waals surface area contributed by atoms with Crippen LogP contribution in [-0.2, 0) is 11.3 Å². The maximum Gasteiger partial charge on any atom is 0.310 e. The largest absolute Gasteiger partial charge is 0.481 e. The Hall–Kier alpha value is -1.13. The van der Waals surface area contributed by atoms with E-state index in [0.29, 0.717) is 30.0 Å². The number of rotatable bonds is 7. The van der Waals surface area contributed by atoms with E-state index in [1.165, 1.54) is 6.07 Å². The lowest BCUT2D eigenvalue weighted by atomic mass is 9.82. The van der Waals surface area contributed by atoms with Crippen LogP contribution in [0, 0.1) is 11.2 Å². The molecule has 0 aromatic heterocycles. The number of aliphatic carboxylic acids is 1. The fourth-order valence-electron chi connectivity index (χ4n) is 2.01. The van der Waals surface area contributed by atoms with Crippen LogP contribution in [0.4, 0.5) is 4.39 Å². The van der Waals surface area contributed by atoms with Crippen LogP contribution in [0.15, 0.2) is 18.2 Å². The summed E-state index contributed by atoms with van der Waals surface area (Å²) in [5.74, 6) is -1.21. The average molecular weight is 288 g/mol. The van der Waals surface area contributed by atoms with E-state index in [1.54, 1.807) is 12.1 Å². The Bertz CT molecular complexity index is 427. The lowest BCUT2D eigenvalue weighted by Gasteiger charge is -2.27. The van der Waals surface area contributed by atoms with Crippen LogP contribution in [0.3, 0.4) is 0 Å². The van der Waals surface area contributed by atoms with Crippen LogP contribution in [0.25, 0.3) is 0 Å². The number of hydrogen-bond donors (Lipinski definition) is 2. The van der Waals surface area contributed by atoms with E-state index >= 15 is 0 Å². The zero-order valence-corrected chi connectivity index (χ0v) is 11.9. The number of nitrogens with one attached hydrogen (secondary N) is 1. The molecule has 0 bridgehead atoms. The van der Waals surface area contributed by atoms with Gasteiger partial charge in [-0.2, -0.15) is 0 Å². The van der Waals surface area contributed by atoms with Gasteiger partial charge in [-0.25, -0.2) is 4.39 Å². The molecule has 19 heavy (non-hydrogen) atoms. The van der Waals surface area contributed by atoms with Gasteiger partial charge in [-0.05, 0) is 25.0 Å². The molecule has 0 fully saturated rings. The van der Waals surface area contributed by atoms with Gasteiger partial charge >= 0.3 is 5.97 Å². The summed E-state index contributed by atoms with van der Waals surface area (Å²) in [6, 6.07) is 4.50. The normalized spacial score (nSPS) is 11.6. The zero-order chi connectivity index (χ0) is 14.5. The van der Waals surface area contributed by atoms with E-state index < -0.39 is 11.4 Å². The van der Waals surface area contributed by atoms with Gasteiger partial charge in [-0.15, -0.1) is 0 Å². The van der Waals surface area contributed by atoms with Crippen LogP contribution in [0.1, 0.15) is 32.3 Å². The lowest BCUT2D eigenvalue weighted by Crippen LogP contribution is -2.40. The number of carboxylic acid groups (broad SMARTS) is 1. The first-order chi connectivity index (χ1) is 8.96. The predicted octanol–water partition coefficient (Wildman–Crippen LogP) is 3.46. The molecule has 0 atom stereocenters. The average Bonchev–Trinajstić information content (AvgIpc) is 2.38. The molecule has 0 aliphatic carbocycles. The summed E-state index contributed by atoms with van der Waals surface area (Å²) in [5, 5.41) is 12.6. The molecule has 0 saturated heterocycles. The van der Waals surface area contributed by atoms with E-state index in [-0.39, 0.29) is 12.4 Å². The van der Waals surface area contributed by atoms with Crippen LogP contribution >= 0.6 is 11.6 Å². The number of carbonyl (C=O) groups is 1. The van der Waals surface area contributed by atoms with Crippen molar-refractivity contribution in [3.05, 3.63) is 34.6 Å². The van der Waals surface area contributed by atoms with Crippen molar-refractivity contribution in [3.63, 3.8) is 0 Å². The third kappa shape index (κ3) is 3.67. The molecule has 0 heterocycles. The molecule has 1 rings (SSSR count). The first-order valence-corrected chi connectivity index (χ1v) is 6.71. The standard InChI is InChI=1S/C14H19ClFNO2/c1-3-14(4-2,13(18)19)9-17-8-10-11(15)6-5-7-12(10)16/h5-7,17H,3-4,8-9H2,1-2H3,(H,18,19). The van der Waals surface area contributed by atoms with Crippen molar-refractivity contribution in [1.82, 2.24) is 5.32 Å². The first kappa shape index (κ1) is 15.9. The van der Waals surface area contributed by atoms with Crippen molar-refractivity contribution in [2.45, 2.75) is 33.2 Å². The summed E-state index contributed by atoms with van der Waals surface area (Å²) < 4.78 is 13.6. The highest BCUT2D eigenvalue weighted by Crippen LogP contribution is 2.26. The highest BCUT2D eigenvalue weighted by Gasteiger charge is 2.34. The fraction of sp³-hybridized carbons (Fsp3) is 0.500. The highest BCUT2D eigenvalue weighted by atomic mass is 35.5. The molecule has 2 N–H and O–H groups in total. The Balaban J connectivity index is 2.70. The van der Waals surface area contributed by atoms with Gasteiger partial charge < -0.3 is 10.4 Å². The highest BCUT2D eigenvalue weighted by molar-refractivity contribution is 6.31. The van der Waals surface area contributed by atoms with Crippen molar-refractivity contribution in [3.8, 4) is 0 Å². The molecule has 0 radical (unpaired) electrons. The van der Waals surface area contributed by atoms with Crippen LogP contribution < -0.4 is 5.32 Å². The molecular weight excluding hydrogens is 269 g/mol. The fourth-order valence-corrected chi connectivity index (χ4v) is 2.24. The van der Waals surface area contributed by atoms with E-state index in [2.05, 4.69) is 5.32 Å². The summed E-state index contributed by atoms with van der Waals surface area (Å²) in [7, 11) is 0. The number of hydrogen-bond acceptors (Lipinski definition) is 2. The second-order valence-corrected chi connectivity index (χ2v) is 5.00. The maximum atomic E-state index is 13.6. The van der Waals surface area contributed by atoms with Gasteiger partial charge in [0.15, 0.2) is 0 Å². The smallest absolute Gasteiger partial charge is 0.310 e. The molecular formula is C14H19ClFNO2. The molecule has 0 amide bonds. The predicted molar refractivity (Wildman–Crippen MR) is 73.8 cm³/mol. The van der Waals surface area contributed by atoms with Gasteiger partial charge in [0.05, 0.1) is 5.41 Å². The van der Waals surface area contributed by atoms with Crippen molar-refractivity contribution >= 4 is 17.6 Å². The van der Waals surface area contributed by atoms with Crippen molar-refractivity contribution in [2.24, 2.45) is 5.41 Å². The molecule has 3 nitrogen and oxygen atoms in total. The van der Waals surface area contributed by atoms with Crippen LogP contribution in [-0.4, -0.2) is 17.6 Å². The Morgan fingerprint density at radius 3 is 2.53 bits per heavy atom. The van der Waals surface area contributed by atoms with Gasteiger partial charge in [0.1, 0.15) is 5.82 Å². The molecule has 5 heteroatoms. The molecule has 0 spiro atoms. The topological polar surface area (TPSA) is 49.3 Å². The molecule has 1 aromatic carbocycles. The van der Waals surface area contributed by atoms with E-state index in [9.17, 15) is 14.3 Å². The third-order valence-electron chi connectivity index (χ3n) is 3.63. The third-order valence-corrected chi connectivity index (χ3v) is 3.99. The molecule has 0 aliphatic heterocycles. The summed E-state index contributed by atoms with van der Waals surface area (Å²) in [4.78, 5) is 11.3. The van der Waals surface area contributed by atoms with Crippen LogP contribution in [0.5, 0.6) is 0 Å². The Labute approximate surface area is 117 Å². The van der Waals surface area contributed by atoms with Gasteiger partial charge in [-0.1, -0.05) is 31.5 Å². The minimum absolute atomic E-state index is 0.223. The van der Waals surface area contributed by atoms with E-state index in [0.717, 1.165) is 0 Å². The summed E-state index contributed by atoms with van der Waals surface area (Å²) in [5.41, 5.74) is -0.437. The van der Waals surface area contributed by atoms with Crippen molar-refractivity contribution in [2.75, 3.05) is 6.54 Å². The summed E-state index contributed by atoms with van der Waals surface area (Å²) >= 11 is 5.91. The van der Waals surface area contributed by atoms with E-state index in [1.807, 2.05) is 13.8 Å². The number of benzene rings is 1. The monoisotopic (exact) mass is 287 g/mol. The van der Waals surface area contributed by atoms with Crippen LogP contribution in [0.2, 0.25) is 5.02 Å². The molecule has 0 unspecified atom stereocenters. The SMILES string of the molecule is CCC(CC)(CNCc1c(F)cccc1Cl)C(=O)O. The Morgan fingerprint density at radius 2 is 2.05 bits per heavy atom. The molecule has 106 valence electrons. The Morgan fingerprint density at radius 1 is 1.42 bits per heavy atom. The van der Waals surface area contributed by atoms with Gasteiger partial charge in [0, 0.05) is 23.7 Å². The molecule has 1 aromatic rings. The van der Waals surface area contributed by atoms with Gasteiger partial charge in [0.2, 0.25) is 0 Å². The minimum Gasteiger partial charge on any atom is -0.481 e. The summed E-state index contributed by atoms with van der Waals surface area (Å²) in [6.07, 6.45) is 1.05. The zero-order valence-electron chi connectivity index (χ0n) is 11.2. The van der Waals surface area contributed by atoms with Gasteiger partial charge in [0.25, 0.3) is 0 Å². The lowest BCUT2D eigenvalue weighted by molar-refractivity contribution is -0.149. The quantitative estimate of drug-likeness (QED) is 0.807. The van der Waals surface area contributed by atoms with Gasteiger partial charge in [-0.3, -0.25) is 4.79 Å². The van der Waals surface area contributed by atoms with Crippen molar-refractivity contribution in [1.29, 1.82) is 0 Å². The number of carboxylic acids is 1.